The molecule has 262 valence electrons. The van der Waals surface area contributed by atoms with E-state index in [1.165, 1.54) is 32.1 Å². The van der Waals surface area contributed by atoms with Crippen LogP contribution in [0.2, 0.25) is 0 Å². The van der Waals surface area contributed by atoms with Gasteiger partial charge in [0.2, 0.25) is 0 Å². The Morgan fingerprint density at radius 2 is 1.44 bits per heavy atom. The molecule has 0 radical (unpaired) electrons. The van der Waals surface area contributed by atoms with Crippen molar-refractivity contribution >= 4 is 17.7 Å². The van der Waals surface area contributed by atoms with Crippen LogP contribution in [0.15, 0.2) is 12.2 Å². The van der Waals surface area contributed by atoms with Gasteiger partial charge in [-0.1, -0.05) is 97.1 Å². The van der Waals surface area contributed by atoms with Crippen LogP contribution in [0.1, 0.15) is 143 Å². The highest BCUT2D eigenvalue weighted by Crippen LogP contribution is 2.36. The van der Waals surface area contributed by atoms with Crippen LogP contribution in [0, 0.1) is 17.8 Å². The van der Waals surface area contributed by atoms with E-state index in [1.54, 1.807) is 12.2 Å². The molecule has 0 bridgehead atoms. The molecule has 1 unspecified atom stereocenters. The predicted octanol–water partition coefficient (Wildman–Crippen LogP) is 5.98. The smallest absolute Gasteiger partial charge is 0.306 e. The first kappa shape index (κ1) is 41.2. The molecule has 0 spiro atoms. The van der Waals surface area contributed by atoms with E-state index in [0.717, 1.165) is 44.4 Å². The molecule has 1 rings (SSSR count). The number of carbonyl (C=O) groups is 3. The van der Waals surface area contributed by atoms with Crippen LogP contribution in [0.25, 0.3) is 0 Å². The van der Waals surface area contributed by atoms with Gasteiger partial charge in [-0.2, -0.15) is 0 Å². The van der Waals surface area contributed by atoms with Gasteiger partial charge in [0.25, 0.3) is 0 Å². The maximum absolute atomic E-state index is 12.6. The van der Waals surface area contributed by atoms with E-state index in [4.69, 9.17) is 9.47 Å². The van der Waals surface area contributed by atoms with Gasteiger partial charge in [-0.05, 0) is 31.6 Å². The second-order valence-corrected chi connectivity index (χ2v) is 13.2. The molecule has 1 saturated carbocycles. The number of aliphatic hydroxyl groups is 4. The van der Waals surface area contributed by atoms with Gasteiger partial charge < -0.3 is 29.9 Å². The Morgan fingerprint density at radius 3 is 2.13 bits per heavy atom. The Bertz CT molecular complexity index is 829. The summed E-state index contributed by atoms with van der Waals surface area (Å²) in [7, 11) is 0. The number of rotatable bonds is 27. The minimum absolute atomic E-state index is 0.0508. The van der Waals surface area contributed by atoms with E-state index in [2.05, 4.69) is 20.8 Å². The van der Waals surface area contributed by atoms with Gasteiger partial charge in [-0.25, -0.2) is 0 Å². The first-order valence-corrected chi connectivity index (χ1v) is 17.8. The summed E-state index contributed by atoms with van der Waals surface area (Å²) in [6.07, 6.45) is 14.9. The Morgan fingerprint density at radius 1 is 0.822 bits per heavy atom. The Labute approximate surface area is 272 Å². The fourth-order valence-electron chi connectivity index (χ4n) is 5.88. The Balaban J connectivity index is 2.23. The van der Waals surface area contributed by atoms with Gasteiger partial charge >= 0.3 is 11.9 Å². The van der Waals surface area contributed by atoms with Crippen molar-refractivity contribution in [3.8, 4) is 0 Å². The first-order valence-electron chi connectivity index (χ1n) is 17.8. The number of Topliss-reactive ketones (excluding diaryl/α,β-unsaturated/α-hetero) is 1. The summed E-state index contributed by atoms with van der Waals surface area (Å²) in [6.45, 7) is 5.98. The largest absolute Gasteiger partial charge is 0.462 e. The number of ether oxygens (including phenoxy) is 2. The quantitative estimate of drug-likeness (QED) is 0.0483. The summed E-state index contributed by atoms with van der Waals surface area (Å²) in [5, 5.41) is 40.6. The molecule has 1 fully saturated rings. The lowest BCUT2D eigenvalue weighted by atomic mass is 9.87. The molecule has 0 aromatic heterocycles. The molecule has 0 amide bonds. The number of aliphatic hydroxyl groups excluding tert-OH is 4. The van der Waals surface area contributed by atoms with Crippen molar-refractivity contribution in [3.63, 3.8) is 0 Å². The summed E-state index contributed by atoms with van der Waals surface area (Å²) >= 11 is 0. The van der Waals surface area contributed by atoms with Crippen molar-refractivity contribution in [2.24, 2.45) is 17.8 Å². The number of ketones is 1. The van der Waals surface area contributed by atoms with E-state index in [-0.39, 0.29) is 44.0 Å². The van der Waals surface area contributed by atoms with Crippen LogP contribution in [0.3, 0.4) is 0 Å². The summed E-state index contributed by atoms with van der Waals surface area (Å²) in [5.41, 5.74) is 0. The van der Waals surface area contributed by atoms with Crippen LogP contribution in [0.5, 0.6) is 0 Å². The predicted molar refractivity (Wildman–Crippen MR) is 175 cm³/mol. The van der Waals surface area contributed by atoms with Crippen molar-refractivity contribution in [2.75, 3.05) is 13.2 Å². The lowest BCUT2D eigenvalue weighted by molar-refractivity contribution is -0.161. The van der Waals surface area contributed by atoms with E-state index in [1.807, 2.05) is 0 Å². The zero-order chi connectivity index (χ0) is 33.5. The fraction of sp³-hybridized carbons (Fsp3) is 0.861. The first-order chi connectivity index (χ1) is 21.6. The lowest BCUT2D eigenvalue weighted by Crippen LogP contribution is -2.28. The third kappa shape index (κ3) is 19.5. The molecule has 0 heterocycles. The van der Waals surface area contributed by atoms with E-state index in [9.17, 15) is 34.8 Å². The van der Waals surface area contributed by atoms with Crippen LogP contribution in [-0.4, -0.2) is 75.8 Å². The van der Waals surface area contributed by atoms with E-state index >= 15 is 0 Å². The van der Waals surface area contributed by atoms with Gasteiger partial charge in [0, 0.05) is 43.9 Å². The molecule has 0 aromatic carbocycles. The average Bonchev–Trinajstić information content (AvgIpc) is 3.28. The average molecular weight is 641 g/mol. The second-order valence-electron chi connectivity index (χ2n) is 13.2. The third-order valence-corrected chi connectivity index (χ3v) is 9.08. The summed E-state index contributed by atoms with van der Waals surface area (Å²) < 4.78 is 10.4. The lowest BCUT2D eigenvalue weighted by Gasteiger charge is -2.20. The maximum atomic E-state index is 12.6. The van der Waals surface area contributed by atoms with Crippen LogP contribution >= 0.6 is 0 Å². The van der Waals surface area contributed by atoms with Crippen LogP contribution in [0.4, 0.5) is 0 Å². The SMILES string of the molecule is CCCCC[C@H](O)/C=C/[C@@H]1[C@@H](CC(=O)CCCCC(=O)O[C@@H](CO)COC(=O)CCCCCCCCC(C)CC)[C@@H](O)C[C@H]1O. The molecule has 0 aromatic rings. The minimum Gasteiger partial charge on any atom is -0.462 e. The van der Waals surface area contributed by atoms with Crippen LogP contribution < -0.4 is 0 Å². The molecular formula is C36H64O9. The zero-order valence-corrected chi connectivity index (χ0v) is 28.4. The molecule has 0 saturated heterocycles. The van der Waals surface area contributed by atoms with Crippen molar-refractivity contribution in [1.29, 1.82) is 0 Å². The topological polar surface area (TPSA) is 151 Å². The standard InChI is InChI=1S/C36H64O9/c1-4-6-11-17-28(38)21-22-31-32(34(41)24-33(31)40)23-29(39)18-14-15-20-36(43)45-30(25-37)26-44-35(42)19-13-10-8-7-9-12-16-27(3)5-2/h21-22,27-28,30-34,37-38,40-41H,4-20,23-26H2,1-3H3/b22-21+/t27?,28-,30-,31+,32+,33+,34-/m0/s1. The molecule has 1 aliphatic rings. The Kier molecular flexibility index (Phi) is 23.2. The minimum atomic E-state index is -0.918. The van der Waals surface area contributed by atoms with Gasteiger partial charge in [0.15, 0.2) is 6.10 Å². The van der Waals surface area contributed by atoms with Crippen molar-refractivity contribution in [1.82, 2.24) is 0 Å². The molecule has 45 heavy (non-hydrogen) atoms. The Hall–Kier alpha value is -1.81. The number of hydrogen-bond donors (Lipinski definition) is 4. The molecular weight excluding hydrogens is 576 g/mol. The monoisotopic (exact) mass is 640 g/mol. The molecule has 0 aliphatic heterocycles. The van der Waals surface area contributed by atoms with Gasteiger partial charge in [0.1, 0.15) is 12.4 Å². The number of carbonyl (C=O) groups excluding carboxylic acids is 3. The highest BCUT2D eigenvalue weighted by atomic mass is 16.6. The fourth-order valence-corrected chi connectivity index (χ4v) is 5.88. The number of esters is 2. The summed E-state index contributed by atoms with van der Waals surface area (Å²) in [4.78, 5) is 36.9. The molecule has 7 atom stereocenters. The second kappa shape index (κ2) is 25.3. The van der Waals surface area contributed by atoms with Crippen molar-refractivity contribution < 1.29 is 44.3 Å². The molecule has 9 nitrogen and oxygen atoms in total. The third-order valence-electron chi connectivity index (χ3n) is 9.08. The van der Waals surface area contributed by atoms with Crippen LogP contribution in [-0.2, 0) is 23.9 Å². The normalized spacial score (nSPS) is 21.9. The molecule has 1 aliphatic carbocycles. The zero-order valence-electron chi connectivity index (χ0n) is 28.4. The number of hydrogen-bond acceptors (Lipinski definition) is 9. The maximum Gasteiger partial charge on any atom is 0.306 e. The van der Waals surface area contributed by atoms with E-state index < -0.39 is 48.8 Å². The highest BCUT2D eigenvalue weighted by molar-refractivity contribution is 5.79. The highest BCUT2D eigenvalue weighted by Gasteiger charge is 2.41. The van der Waals surface area contributed by atoms with Crippen molar-refractivity contribution in [3.05, 3.63) is 12.2 Å². The van der Waals surface area contributed by atoms with Crippen molar-refractivity contribution in [2.45, 2.75) is 167 Å². The summed E-state index contributed by atoms with van der Waals surface area (Å²) in [6, 6.07) is 0. The van der Waals surface area contributed by atoms with Gasteiger partial charge in [0.05, 0.1) is 24.9 Å². The van der Waals surface area contributed by atoms with E-state index in [0.29, 0.717) is 25.7 Å². The van der Waals surface area contributed by atoms with Gasteiger partial charge in [-0.3, -0.25) is 14.4 Å². The number of unbranched alkanes of at least 4 members (excludes halogenated alkanes) is 8. The molecule has 4 N–H and O–H groups in total. The van der Waals surface area contributed by atoms with Gasteiger partial charge in [-0.15, -0.1) is 0 Å². The summed E-state index contributed by atoms with van der Waals surface area (Å²) in [5.74, 6) is -0.942. The molecule has 9 heteroatoms.